The molecular formula is C20H14BrCl2OSZr-3. The maximum Gasteiger partial charge on any atom is -0.0528 e. The Hall–Kier alpha value is -0.247. The number of thiol groups is 1. The summed E-state index contributed by atoms with van der Waals surface area (Å²) in [6.07, 6.45) is 9.61. The maximum absolute atomic E-state index is 5.59. The minimum atomic E-state index is -0.826. The van der Waals surface area contributed by atoms with Crippen LogP contribution in [0.5, 0.6) is 0 Å². The largest absolute Gasteiger partial charge is 0.813 e. The van der Waals surface area contributed by atoms with Gasteiger partial charge in [0, 0.05) is 0 Å². The molecule has 1 atom stereocenters. The summed E-state index contributed by atoms with van der Waals surface area (Å²) in [5, 5.41) is 0. The molecule has 0 N–H and O–H groups in total. The van der Waals surface area contributed by atoms with Crippen LogP contribution in [0.3, 0.4) is 0 Å². The smallest absolute Gasteiger partial charge is 0.0528 e. The van der Waals surface area contributed by atoms with E-state index in [0.29, 0.717) is 0 Å². The molecule has 26 heavy (non-hydrogen) atoms. The number of hydrogen-bond acceptors (Lipinski definition) is 2. The Labute approximate surface area is 188 Å². The fraction of sp³-hybridized carbons (Fsp3) is 0.100. The van der Waals surface area contributed by atoms with E-state index in [4.69, 9.17) is 21.8 Å². The van der Waals surface area contributed by atoms with Gasteiger partial charge in [0.05, 0.1) is 0 Å². The molecule has 0 aromatic heterocycles. The van der Waals surface area contributed by atoms with Gasteiger partial charge in [0.15, 0.2) is 4.67 Å². The molecule has 1 heterocycles. The second-order valence-electron chi connectivity index (χ2n) is 5.42. The predicted octanol–water partition coefficient (Wildman–Crippen LogP) is 6.35. The topological polar surface area (TPSA) is 9.23 Å². The standard InChI is InChI=1S/C11H6BrO.C9H7.2ClH.H2S.Zr/c12-10-6-8-5-7-3-1-2-4-9(7)11(8)13-10;1-2-5-9-7-3-6-8(9)4-1;;;;/h1-3,5-6,11H;1-4,7H,6H2;2*1H;1H2;/q2*-1;;;;+2/p-3. The molecule has 2 aromatic carbocycles. The van der Waals surface area contributed by atoms with Gasteiger partial charge in [-0.3, -0.25) is 0 Å². The summed E-state index contributed by atoms with van der Waals surface area (Å²) in [5.74, 6) is 0. The zero-order valence-corrected chi connectivity index (χ0v) is 20.0. The van der Waals surface area contributed by atoms with Crippen molar-refractivity contribution < 1.29 is 25.6 Å². The first-order chi connectivity index (χ1) is 12.2. The van der Waals surface area contributed by atoms with Crippen molar-refractivity contribution in [2.45, 2.75) is 12.5 Å². The monoisotopic (exact) mass is 541 g/mol. The van der Waals surface area contributed by atoms with Crippen LogP contribution in [-0.2, 0) is 45.5 Å². The van der Waals surface area contributed by atoms with Crippen LogP contribution in [0.15, 0.2) is 58.8 Å². The van der Waals surface area contributed by atoms with Crippen LogP contribution < -0.4 is 0 Å². The van der Waals surface area contributed by atoms with Gasteiger partial charge in [-0.2, -0.15) is 24.3 Å². The molecule has 1 nitrogen and oxygen atoms in total. The normalized spacial score (nSPS) is 16.8. The third-order valence-electron chi connectivity index (χ3n) is 3.92. The molecule has 0 spiro atoms. The number of halogens is 3. The number of benzene rings is 2. The Balaban J connectivity index is 0.000000165. The van der Waals surface area contributed by atoms with E-state index in [-0.39, 0.29) is 19.6 Å². The van der Waals surface area contributed by atoms with Crippen LogP contribution in [0.2, 0.25) is 0 Å². The molecule has 0 bridgehead atoms. The van der Waals surface area contributed by atoms with E-state index in [0.717, 1.165) is 16.7 Å². The average Bonchev–Trinajstić information content (AvgIpc) is 3.29. The van der Waals surface area contributed by atoms with Crippen molar-refractivity contribution in [2.75, 3.05) is 0 Å². The SMILES string of the molecule is BrC1=CC2=Cc3ccc[c-]c3C2O1.[Cl][Zr][Cl].[SH-].[c-]1cccc2c1C=CC2. The average molecular weight is 544 g/mol. The molecule has 6 heteroatoms. The third-order valence-corrected chi connectivity index (χ3v) is 4.34. The maximum atomic E-state index is 5.59. The molecule has 3 aliphatic rings. The summed E-state index contributed by atoms with van der Waals surface area (Å²) in [6.45, 7) is 0. The third kappa shape index (κ3) is 5.39. The fourth-order valence-corrected chi connectivity index (χ4v) is 3.33. The van der Waals surface area contributed by atoms with Gasteiger partial charge in [0.1, 0.15) is 6.10 Å². The van der Waals surface area contributed by atoms with Crippen LogP contribution in [0.1, 0.15) is 28.4 Å². The summed E-state index contributed by atoms with van der Waals surface area (Å²) >= 11 is 2.50. The zero-order chi connectivity index (χ0) is 17.6. The van der Waals surface area contributed by atoms with Crippen LogP contribution in [0.4, 0.5) is 0 Å². The number of rotatable bonds is 0. The summed E-state index contributed by atoms with van der Waals surface area (Å²) in [5.41, 5.74) is 6.24. The number of allylic oxidation sites excluding steroid dienone is 1. The Bertz CT molecular complexity index is 851. The minimum Gasteiger partial charge on any atom is -0.813 e. The molecule has 2 aliphatic carbocycles. The molecule has 0 fully saturated rings. The van der Waals surface area contributed by atoms with Crippen molar-refractivity contribution in [1.82, 2.24) is 0 Å². The molecular weight excluding hydrogens is 530 g/mol. The van der Waals surface area contributed by atoms with Gasteiger partial charge in [-0.1, -0.05) is 6.42 Å². The Kier molecular flexibility index (Phi) is 9.26. The molecule has 0 saturated carbocycles. The Morgan fingerprint density at radius 2 is 1.85 bits per heavy atom. The van der Waals surface area contributed by atoms with Crippen molar-refractivity contribution >= 4 is 58.6 Å². The molecule has 0 saturated heterocycles. The van der Waals surface area contributed by atoms with E-state index in [2.05, 4.69) is 58.4 Å². The molecule has 134 valence electrons. The number of hydrogen-bond donors (Lipinski definition) is 0. The minimum absolute atomic E-state index is 0. The quantitative estimate of drug-likeness (QED) is 0.217. The van der Waals surface area contributed by atoms with Gasteiger partial charge < -0.3 is 18.2 Å². The summed E-state index contributed by atoms with van der Waals surface area (Å²) in [4.78, 5) is 0. The molecule has 5 rings (SSSR count). The Morgan fingerprint density at radius 1 is 1.12 bits per heavy atom. The van der Waals surface area contributed by atoms with Gasteiger partial charge >= 0.3 is 37.9 Å². The number of ether oxygens (including phenoxy) is 1. The predicted molar refractivity (Wildman–Crippen MR) is 113 cm³/mol. The molecule has 0 radical (unpaired) electrons. The van der Waals surface area contributed by atoms with E-state index >= 15 is 0 Å². The first-order valence-corrected chi connectivity index (χ1v) is 14.7. The summed E-state index contributed by atoms with van der Waals surface area (Å²) < 4.78 is 6.40. The first kappa shape index (κ1) is 22.0. The Morgan fingerprint density at radius 3 is 2.62 bits per heavy atom. The van der Waals surface area contributed by atoms with Crippen LogP contribution in [-0.4, -0.2) is 0 Å². The second-order valence-corrected chi connectivity index (χ2v) is 9.93. The van der Waals surface area contributed by atoms with Crippen molar-refractivity contribution in [1.29, 1.82) is 0 Å². The van der Waals surface area contributed by atoms with E-state index in [1.165, 1.54) is 22.3 Å². The molecule has 2 aromatic rings. The van der Waals surface area contributed by atoms with Crippen molar-refractivity contribution in [2.24, 2.45) is 0 Å². The van der Waals surface area contributed by atoms with Gasteiger partial charge in [0.2, 0.25) is 0 Å². The van der Waals surface area contributed by atoms with Gasteiger partial charge in [-0.15, -0.1) is 64.7 Å². The van der Waals surface area contributed by atoms with Gasteiger partial charge in [-0.25, -0.2) is 0 Å². The fourth-order valence-electron chi connectivity index (χ4n) is 2.88. The van der Waals surface area contributed by atoms with E-state index in [1.807, 2.05) is 30.3 Å². The van der Waals surface area contributed by atoms with E-state index in [1.54, 1.807) is 0 Å². The van der Waals surface area contributed by atoms with Crippen LogP contribution >= 0.6 is 33.0 Å². The second kappa shape index (κ2) is 10.9. The molecule has 1 aliphatic heterocycles. The van der Waals surface area contributed by atoms with Crippen LogP contribution in [0, 0.1) is 12.1 Å². The van der Waals surface area contributed by atoms with Crippen molar-refractivity contribution in [3.8, 4) is 0 Å². The first-order valence-electron chi connectivity index (χ1n) is 7.61. The zero-order valence-electron chi connectivity index (χ0n) is 13.5. The van der Waals surface area contributed by atoms with E-state index in [9.17, 15) is 0 Å². The summed E-state index contributed by atoms with van der Waals surface area (Å²) in [7, 11) is 9.87. The van der Waals surface area contributed by atoms with Crippen LogP contribution in [0.25, 0.3) is 12.2 Å². The molecule has 1 unspecified atom stereocenters. The molecule has 0 amide bonds. The van der Waals surface area contributed by atoms with Gasteiger partial charge in [-0.05, 0) is 27.6 Å². The van der Waals surface area contributed by atoms with E-state index < -0.39 is 20.8 Å². The summed E-state index contributed by atoms with van der Waals surface area (Å²) in [6, 6.07) is 18.5. The van der Waals surface area contributed by atoms with Crippen molar-refractivity contribution in [3.63, 3.8) is 0 Å². The van der Waals surface area contributed by atoms with Crippen molar-refractivity contribution in [3.05, 3.63) is 93.2 Å². The van der Waals surface area contributed by atoms with Gasteiger partial charge in [0.25, 0.3) is 0 Å². The number of fused-ring (bicyclic) bond motifs is 4.